The molecular weight excluding hydrogens is 272 g/mol. The molecular formula is C20H32O2. The van der Waals surface area contributed by atoms with Crippen LogP contribution in [0.5, 0.6) is 5.75 Å². The smallest absolute Gasteiger partial charge is 0.138 e. The van der Waals surface area contributed by atoms with Gasteiger partial charge in [0, 0.05) is 11.8 Å². The molecule has 2 heteroatoms. The van der Waals surface area contributed by atoms with Crippen LogP contribution in [0.3, 0.4) is 0 Å². The molecule has 0 heterocycles. The van der Waals surface area contributed by atoms with Gasteiger partial charge >= 0.3 is 0 Å². The van der Waals surface area contributed by atoms with Crippen LogP contribution < -0.4 is 4.74 Å². The number of carbonyl (C=O) groups is 1. The highest BCUT2D eigenvalue weighted by molar-refractivity contribution is 5.83. The molecule has 0 bridgehead atoms. The number of Topliss-reactive ketones (excluding diaryl/α,β-unsaturated/α-hetero) is 1. The molecule has 0 radical (unpaired) electrons. The van der Waals surface area contributed by atoms with Gasteiger partial charge in [0.15, 0.2) is 0 Å². The minimum Gasteiger partial charge on any atom is -0.493 e. The van der Waals surface area contributed by atoms with Gasteiger partial charge in [0.25, 0.3) is 0 Å². The van der Waals surface area contributed by atoms with Crippen molar-refractivity contribution in [3.05, 3.63) is 29.8 Å². The minimum absolute atomic E-state index is 0.109. The first-order valence-electron chi connectivity index (χ1n) is 8.55. The average molecular weight is 304 g/mol. The van der Waals surface area contributed by atoms with Crippen molar-refractivity contribution in [1.82, 2.24) is 0 Å². The maximum atomic E-state index is 12.4. The maximum Gasteiger partial charge on any atom is 0.138 e. The van der Waals surface area contributed by atoms with Crippen molar-refractivity contribution >= 4 is 5.78 Å². The van der Waals surface area contributed by atoms with Gasteiger partial charge in [-0.15, -0.1) is 0 Å². The van der Waals surface area contributed by atoms with Crippen molar-refractivity contribution in [2.24, 2.45) is 23.7 Å². The van der Waals surface area contributed by atoms with Crippen molar-refractivity contribution in [3.8, 4) is 5.75 Å². The Kier molecular flexibility index (Phi) is 7.64. The lowest BCUT2D eigenvalue weighted by molar-refractivity contribution is -0.126. The molecule has 0 amide bonds. The van der Waals surface area contributed by atoms with Gasteiger partial charge in [-0.2, -0.15) is 0 Å². The molecule has 2 nitrogen and oxygen atoms in total. The Balaban J connectivity index is 2.70. The van der Waals surface area contributed by atoms with E-state index in [1.807, 2.05) is 26.0 Å². The van der Waals surface area contributed by atoms with E-state index in [9.17, 15) is 4.79 Å². The molecule has 22 heavy (non-hydrogen) atoms. The molecule has 0 aliphatic rings. The van der Waals surface area contributed by atoms with Gasteiger partial charge in [-0.1, -0.05) is 53.7 Å². The molecule has 0 spiro atoms. The van der Waals surface area contributed by atoms with Crippen molar-refractivity contribution < 1.29 is 9.53 Å². The van der Waals surface area contributed by atoms with Gasteiger partial charge in [0.2, 0.25) is 0 Å². The summed E-state index contributed by atoms with van der Waals surface area (Å²) in [5.74, 6) is 2.60. The summed E-state index contributed by atoms with van der Waals surface area (Å²) in [6, 6.07) is 8.22. The monoisotopic (exact) mass is 304 g/mol. The standard InChI is InChI=1S/C20H32O2/c1-14(2)11-18(20(21)16(5)6)12-17-7-9-19(10-8-17)22-13-15(3)4/h7-10,14-16,18H,11-13H2,1-6H3/t18-/m0/s1. The zero-order valence-electron chi connectivity index (χ0n) is 15.1. The van der Waals surface area contributed by atoms with Crippen molar-refractivity contribution in [1.29, 1.82) is 0 Å². The van der Waals surface area contributed by atoms with Crippen LogP contribution in [-0.2, 0) is 11.2 Å². The second-order valence-electron chi connectivity index (χ2n) is 7.44. The molecule has 1 aromatic carbocycles. The van der Waals surface area contributed by atoms with Crippen molar-refractivity contribution in [2.75, 3.05) is 6.61 Å². The lowest BCUT2D eigenvalue weighted by Gasteiger charge is -2.20. The van der Waals surface area contributed by atoms with Crippen LogP contribution in [0.2, 0.25) is 0 Å². The zero-order chi connectivity index (χ0) is 16.7. The van der Waals surface area contributed by atoms with E-state index in [0.29, 0.717) is 17.6 Å². The predicted molar refractivity (Wildman–Crippen MR) is 93.3 cm³/mol. The van der Waals surface area contributed by atoms with Crippen molar-refractivity contribution in [2.45, 2.75) is 54.4 Å². The number of rotatable bonds is 9. The summed E-state index contributed by atoms with van der Waals surface area (Å²) in [4.78, 5) is 12.4. The van der Waals surface area contributed by atoms with Crippen LogP contribution in [0.1, 0.15) is 53.5 Å². The third-order valence-electron chi connectivity index (χ3n) is 3.72. The number of carbonyl (C=O) groups excluding carboxylic acids is 1. The normalized spacial score (nSPS) is 13.0. The average Bonchev–Trinajstić information content (AvgIpc) is 2.44. The van der Waals surface area contributed by atoms with Gasteiger partial charge in [-0.25, -0.2) is 0 Å². The van der Waals surface area contributed by atoms with Gasteiger partial charge in [-0.3, -0.25) is 4.79 Å². The lowest BCUT2D eigenvalue weighted by atomic mass is 9.84. The Bertz CT molecular complexity index is 443. The summed E-state index contributed by atoms with van der Waals surface area (Å²) in [5.41, 5.74) is 1.22. The second kappa shape index (κ2) is 8.97. The van der Waals surface area contributed by atoms with Gasteiger partial charge in [-0.05, 0) is 42.4 Å². The molecule has 0 aliphatic carbocycles. The molecule has 0 aliphatic heterocycles. The molecule has 1 atom stereocenters. The minimum atomic E-state index is 0.109. The van der Waals surface area contributed by atoms with Gasteiger partial charge < -0.3 is 4.74 Å². The Labute approximate surface area is 136 Å². The molecule has 1 aromatic rings. The Morgan fingerprint density at radius 2 is 1.55 bits per heavy atom. The number of hydrogen-bond acceptors (Lipinski definition) is 2. The van der Waals surface area contributed by atoms with Gasteiger partial charge in [0.1, 0.15) is 11.5 Å². The van der Waals surface area contributed by atoms with Crippen LogP contribution in [0.15, 0.2) is 24.3 Å². The van der Waals surface area contributed by atoms with E-state index in [1.165, 1.54) is 5.56 Å². The summed E-state index contributed by atoms with van der Waals surface area (Å²) in [7, 11) is 0. The molecule has 0 N–H and O–H groups in total. The fourth-order valence-electron chi connectivity index (χ4n) is 2.61. The topological polar surface area (TPSA) is 26.3 Å². The number of ketones is 1. The SMILES string of the molecule is CC(C)COc1ccc(C[C@H](CC(C)C)C(=O)C(C)C)cc1. The van der Waals surface area contributed by atoms with E-state index in [2.05, 4.69) is 39.8 Å². The first-order valence-corrected chi connectivity index (χ1v) is 8.55. The Morgan fingerprint density at radius 3 is 2.00 bits per heavy atom. The summed E-state index contributed by atoms with van der Waals surface area (Å²) in [6.07, 6.45) is 1.79. The molecule has 0 unspecified atom stereocenters. The summed E-state index contributed by atoms with van der Waals surface area (Å²) < 4.78 is 5.71. The zero-order valence-corrected chi connectivity index (χ0v) is 15.1. The van der Waals surface area contributed by atoms with E-state index in [-0.39, 0.29) is 11.8 Å². The highest BCUT2D eigenvalue weighted by atomic mass is 16.5. The number of benzene rings is 1. The highest BCUT2D eigenvalue weighted by Gasteiger charge is 2.22. The fraction of sp³-hybridized carbons (Fsp3) is 0.650. The lowest BCUT2D eigenvalue weighted by Crippen LogP contribution is -2.23. The largest absolute Gasteiger partial charge is 0.493 e. The van der Waals surface area contributed by atoms with E-state index in [1.54, 1.807) is 0 Å². The predicted octanol–water partition coefficient (Wildman–Crippen LogP) is 5.15. The molecule has 0 saturated carbocycles. The second-order valence-corrected chi connectivity index (χ2v) is 7.44. The summed E-state index contributed by atoms with van der Waals surface area (Å²) in [6.45, 7) is 13.4. The van der Waals surface area contributed by atoms with Crippen LogP contribution in [-0.4, -0.2) is 12.4 Å². The van der Waals surface area contributed by atoms with E-state index < -0.39 is 0 Å². The maximum absolute atomic E-state index is 12.4. The van der Waals surface area contributed by atoms with E-state index in [4.69, 9.17) is 4.74 Å². The van der Waals surface area contributed by atoms with Gasteiger partial charge in [0.05, 0.1) is 6.61 Å². The molecule has 0 saturated heterocycles. The first-order chi connectivity index (χ1) is 10.3. The number of hydrogen-bond donors (Lipinski definition) is 0. The summed E-state index contributed by atoms with van der Waals surface area (Å²) in [5, 5.41) is 0. The fourth-order valence-corrected chi connectivity index (χ4v) is 2.61. The first kappa shape index (κ1) is 18.7. The number of ether oxygens (including phenoxy) is 1. The third-order valence-corrected chi connectivity index (χ3v) is 3.72. The Hall–Kier alpha value is -1.31. The molecule has 1 rings (SSSR count). The summed E-state index contributed by atoms with van der Waals surface area (Å²) >= 11 is 0. The quantitative estimate of drug-likeness (QED) is 0.630. The molecule has 0 aromatic heterocycles. The molecule has 0 fully saturated rings. The van der Waals surface area contributed by atoms with E-state index >= 15 is 0 Å². The van der Waals surface area contributed by atoms with Crippen LogP contribution in [0, 0.1) is 23.7 Å². The van der Waals surface area contributed by atoms with Crippen LogP contribution in [0.25, 0.3) is 0 Å². The van der Waals surface area contributed by atoms with Crippen LogP contribution >= 0.6 is 0 Å². The van der Waals surface area contributed by atoms with Crippen molar-refractivity contribution in [3.63, 3.8) is 0 Å². The molecule has 124 valence electrons. The Morgan fingerprint density at radius 1 is 0.955 bits per heavy atom. The van der Waals surface area contributed by atoms with E-state index in [0.717, 1.165) is 25.2 Å². The highest BCUT2D eigenvalue weighted by Crippen LogP contribution is 2.23. The van der Waals surface area contributed by atoms with Crippen LogP contribution in [0.4, 0.5) is 0 Å². The third kappa shape index (κ3) is 6.64.